The van der Waals surface area contributed by atoms with E-state index in [4.69, 9.17) is 9.47 Å². The van der Waals surface area contributed by atoms with E-state index in [0.717, 1.165) is 42.7 Å². The Labute approximate surface area is 175 Å². The molecule has 2 aromatic heterocycles. The Bertz CT molecular complexity index is 1060. The van der Waals surface area contributed by atoms with Gasteiger partial charge in [0.25, 0.3) is 5.91 Å². The van der Waals surface area contributed by atoms with Crippen molar-refractivity contribution in [3.63, 3.8) is 0 Å². The average Bonchev–Trinajstić information content (AvgIpc) is 3.22. The lowest BCUT2D eigenvalue weighted by molar-refractivity contribution is 0.0699. The van der Waals surface area contributed by atoms with Crippen molar-refractivity contribution < 1.29 is 14.3 Å². The van der Waals surface area contributed by atoms with Gasteiger partial charge in [0, 0.05) is 44.7 Å². The van der Waals surface area contributed by atoms with Crippen LogP contribution in [0.25, 0.3) is 10.9 Å². The van der Waals surface area contributed by atoms with Crippen molar-refractivity contribution in [3.05, 3.63) is 36.7 Å². The van der Waals surface area contributed by atoms with Gasteiger partial charge < -0.3 is 23.8 Å². The number of rotatable bonds is 5. The number of methoxy groups -OCH3 is 2. The first-order valence-corrected chi connectivity index (χ1v) is 9.88. The number of imidazole rings is 1. The van der Waals surface area contributed by atoms with Crippen molar-refractivity contribution in [1.82, 2.24) is 24.4 Å². The monoisotopic (exact) mass is 410 g/mol. The Hall–Kier alpha value is -3.36. The minimum Gasteiger partial charge on any atom is -0.493 e. The number of aromatic nitrogens is 4. The molecular formula is C21H26N6O3. The van der Waals surface area contributed by atoms with Crippen molar-refractivity contribution in [3.8, 4) is 11.5 Å². The minimum atomic E-state index is -0.00207. The van der Waals surface area contributed by atoms with Crippen LogP contribution in [0.3, 0.4) is 0 Å². The summed E-state index contributed by atoms with van der Waals surface area (Å²) in [7, 11) is 6.93. The summed E-state index contributed by atoms with van der Waals surface area (Å²) in [6.07, 6.45) is 6.56. The van der Waals surface area contributed by atoms with Gasteiger partial charge >= 0.3 is 0 Å². The molecule has 0 bridgehead atoms. The SMILES string of the molecule is COc1cc2ncnc(N3CCC(N(C)C(=O)c4cncn4C)CC3)c2cc1OC. The first kappa shape index (κ1) is 19.9. The van der Waals surface area contributed by atoms with E-state index in [9.17, 15) is 4.79 Å². The first-order chi connectivity index (χ1) is 14.5. The van der Waals surface area contributed by atoms with Crippen LogP contribution in [0.5, 0.6) is 11.5 Å². The number of ether oxygens (including phenoxy) is 2. The van der Waals surface area contributed by atoms with Crippen molar-refractivity contribution >= 4 is 22.6 Å². The highest BCUT2D eigenvalue weighted by Gasteiger charge is 2.28. The zero-order valence-corrected chi connectivity index (χ0v) is 17.7. The molecule has 4 rings (SSSR count). The molecule has 3 heterocycles. The van der Waals surface area contributed by atoms with Gasteiger partial charge in [0.15, 0.2) is 11.5 Å². The molecule has 9 nitrogen and oxygen atoms in total. The minimum absolute atomic E-state index is 0.00207. The number of aryl methyl sites for hydroxylation is 1. The van der Waals surface area contributed by atoms with Crippen molar-refractivity contribution in [2.75, 3.05) is 39.3 Å². The maximum atomic E-state index is 12.8. The fourth-order valence-corrected chi connectivity index (χ4v) is 4.00. The van der Waals surface area contributed by atoms with Gasteiger partial charge in [0.2, 0.25) is 0 Å². The number of anilines is 1. The second-order valence-corrected chi connectivity index (χ2v) is 7.45. The third-order valence-corrected chi connectivity index (χ3v) is 5.79. The van der Waals surface area contributed by atoms with Crippen LogP contribution in [0, 0.1) is 0 Å². The number of fused-ring (bicyclic) bond motifs is 1. The van der Waals surface area contributed by atoms with E-state index < -0.39 is 0 Å². The van der Waals surface area contributed by atoms with E-state index in [0.29, 0.717) is 17.2 Å². The summed E-state index contributed by atoms with van der Waals surface area (Å²) in [6, 6.07) is 3.96. The molecule has 30 heavy (non-hydrogen) atoms. The number of hydrogen-bond donors (Lipinski definition) is 0. The molecule has 0 N–H and O–H groups in total. The van der Waals surface area contributed by atoms with Crippen LogP contribution >= 0.6 is 0 Å². The zero-order valence-electron chi connectivity index (χ0n) is 17.7. The molecule has 0 unspecified atom stereocenters. The van der Waals surface area contributed by atoms with Gasteiger partial charge in [0.05, 0.1) is 32.3 Å². The van der Waals surface area contributed by atoms with Gasteiger partial charge in [-0.3, -0.25) is 4.79 Å². The molecule has 0 spiro atoms. The number of amides is 1. The summed E-state index contributed by atoms with van der Waals surface area (Å²) in [5, 5.41) is 0.924. The van der Waals surface area contributed by atoms with Gasteiger partial charge in [-0.25, -0.2) is 15.0 Å². The van der Waals surface area contributed by atoms with Crippen LogP contribution in [0.2, 0.25) is 0 Å². The van der Waals surface area contributed by atoms with Gasteiger partial charge in [-0.05, 0) is 18.9 Å². The van der Waals surface area contributed by atoms with E-state index in [2.05, 4.69) is 19.9 Å². The molecule has 3 aromatic rings. The molecule has 9 heteroatoms. The molecule has 1 aromatic carbocycles. The molecule has 1 fully saturated rings. The number of carbonyl (C=O) groups is 1. The molecule has 1 saturated heterocycles. The lowest BCUT2D eigenvalue weighted by atomic mass is 10.0. The second kappa shape index (κ2) is 8.17. The fraction of sp³-hybridized carbons (Fsp3) is 0.429. The third-order valence-electron chi connectivity index (χ3n) is 5.79. The Morgan fingerprint density at radius 3 is 2.47 bits per heavy atom. The van der Waals surface area contributed by atoms with Crippen LogP contribution < -0.4 is 14.4 Å². The molecule has 0 radical (unpaired) electrons. The van der Waals surface area contributed by atoms with Crippen LogP contribution in [-0.4, -0.2) is 70.7 Å². The molecule has 1 aliphatic rings. The molecule has 0 saturated carbocycles. The molecule has 158 valence electrons. The van der Waals surface area contributed by atoms with E-state index >= 15 is 0 Å². The maximum Gasteiger partial charge on any atom is 0.272 e. The van der Waals surface area contributed by atoms with Gasteiger partial charge in [0.1, 0.15) is 17.8 Å². The fourth-order valence-electron chi connectivity index (χ4n) is 4.00. The average molecular weight is 410 g/mol. The van der Waals surface area contributed by atoms with Crippen LogP contribution in [0.1, 0.15) is 23.3 Å². The summed E-state index contributed by atoms with van der Waals surface area (Å²) < 4.78 is 12.6. The highest BCUT2D eigenvalue weighted by atomic mass is 16.5. The Morgan fingerprint density at radius 1 is 1.13 bits per heavy atom. The van der Waals surface area contributed by atoms with Crippen molar-refractivity contribution in [2.45, 2.75) is 18.9 Å². The van der Waals surface area contributed by atoms with Crippen molar-refractivity contribution in [1.29, 1.82) is 0 Å². The Morgan fingerprint density at radius 2 is 1.83 bits per heavy atom. The smallest absolute Gasteiger partial charge is 0.272 e. The summed E-state index contributed by atoms with van der Waals surface area (Å²) >= 11 is 0. The van der Waals surface area contributed by atoms with E-state index in [-0.39, 0.29) is 11.9 Å². The van der Waals surface area contributed by atoms with Gasteiger partial charge in [-0.2, -0.15) is 0 Å². The summed E-state index contributed by atoms with van der Waals surface area (Å²) in [4.78, 5) is 29.9. The van der Waals surface area contributed by atoms with Crippen LogP contribution in [0.4, 0.5) is 5.82 Å². The molecular weight excluding hydrogens is 384 g/mol. The summed E-state index contributed by atoms with van der Waals surface area (Å²) in [5.41, 5.74) is 1.41. The van der Waals surface area contributed by atoms with Gasteiger partial charge in [-0.15, -0.1) is 0 Å². The zero-order chi connectivity index (χ0) is 21.3. The topological polar surface area (TPSA) is 85.6 Å². The molecule has 1 amide bonds. The molecule has 0 aliphatic carbocycles. The number of carbonyl (C=O) groups excluding carboxylic acids is 1. The first-order valence-electron chi connectivity index (χ1n) is 9.88. The van der Waals surface area contributed by atoms with E-state index in [1.807, 2.05) is 31.1 Å². The predicted octanol–water partition coefficient (Wildman–Crippen LogP) is 2.12. The Balaban J connectivity index is 1.52. The number of nitrogens with zero attached hydrogens (tertiary/aromatic N) is 6. The number of piperidine rings is 1. The van der Waals surface area contributed by atoms with E-state index in [1.165, 1.54) is 0 Å². The highest BCUT2D eigenvalue weighted by molar-refractivity contribution is 5.93. The number of hydrogen-bond acceptors (Lipinski definition) is 7. The third kappa shape index (κ3) is 3.51. The lowest BCUT2D eigenvalue weighted by Crippen LogP contribution is -2.46. The number of benzene rings is 1. The van der Waals surface area contributed by atoms with Crippen LogP contribution in [0.15, 0.2) is 31.0 Å². The standard InChI is InChI=1S/C21H26N6O3/c1-25-13-22-11-17(25)21(28)26(2)14-5-7-27(8-6-14)20-15-9-18(29-3)19(30-4)10-16(15)23-12-24-20/h9-14H,5-8H2,1-4H3. The van der Waals surface area contributed by atoms with Crippen molar-refractivity contribution in [2.24, 2.45) is 7.05 Å². The largest absolute Gasteiger partial charge is 0.493 e. The predicted molar refractivity (Wildman–Crippen MR) is 113 cm³/mol. The highest BCUT2D eigenvalue weighted by Crippen LogP contribution is 2.35. The van der Waals surface area contributed by atoms with Crippen LogP contribution in [-0.2, 0) is 7.05 Å². The van der Waals surface area contributed by atoms with Gasteiger partial charge in [-0.1, -0.05) is 0 Å². The summed E-state index contributed by atoms with van der Waals surface area (Å²) in [5.74, 6) is 2.17. The molecule has 1 aliphatic heterocycles. The maximum absolute atomic E-state index is 12.8. The normalized spacial score (nSPS) is 14.7. The quantitative estimate of drug-likeness (QED) is 0.637. The lowest BCUT2D eigenvalue weighted by Gasteiger charge is -2.37. The molecule has 0 atom stereocenters. The Kier molecular flexibility index (Phi) is 5.43. The summed E-state index contributed by atoms with van der Waals surface area (Å²) in [6.45, 7) is 1.60. The second-order valence-electron chi connectivity index (χ2n) is 7.45. The van der Waals surface area contributed by atoms with E-state index in [1.54, 1.807) is 37.6 Å².